The predicted molar refractivity (Wildman–Crippen MR) is 82.5 cm³/mol. The van der Waals surface area contributed by atoms with Crippen LogP contribution in [-0.2, 0) is 0 Å². The zero-order valence-electron chi connectivity index (χ0n) is 12.5. The second-order valence-electron chi connectivity index (χ2n) is 5.53. The number of aromatic amines is 1. The third-order valence-electron chi connectivity index (χ3n) is 4.13. The lowest BCUT2D eigenvalue weighted by Crippen LogP contribution is -2.44. The fourth-order valence-corrected chi connectivity index (χ4v) is 3.01. The molecule has 2 aromatic rings. The van der Waals surface area contributed by atoms with Gasteiger partial charge in [-0.15, -0.1) is 0 Å². The molecule has 1 saturated carbocycles. The maximum absolute atomic E-state index is 10.3. The van der Waals surface area contributed by atoms with E-state index < -0.39 is 0 Å². The number of aliphatic hydroxyl groups excluding tert-OH is 1. The Morgan fingerprint density at radius 2 is 2.19 bits per heavy atom. The topological polar surface area (TPSA) is 90.0 Å². The molecule has 0 saturated heterocycles. The van der Waals surface area contributed by atoms with Gasteiger partial charge in [-0.05, 0) is 19.8 Å². The molecule has 2 aromatic heterocycles. The maximum atomic E-state index is 10.3. The highest BCUT2D eigenvalue weighted by Crippen LogP contribution is 2.29. The number of nitrogens with zero attached hydrogens (tertiary/aromatic N) is 4. The number of hydrogen-bond donors (Lipinski definition) is 3. The standard InChI is InChI=1S/C14H22N6O/c1-3-15-14-18-12-11(16-8-17-12)13(19-14)20(2)9-6-4-5-7-10(9)21/h8-10,21H,3-7H2,1-2H3,(H2,15,16,17,18,19). The summed E-state index contributed by atoms with van der Waals surface area (Å²) < 4.78 is 0. The van der Waals surface area contributed by atoms with Crippen molar-refractivity contribution in [1.29, 1.82) is 0 Å². The quantitative estimate of drug-likeness (QED) is 0.791. The van der Waals surface area contributed by atoms with Gasteiger partial charge >= 0.3 is 0 Å². The number of nitrogens with one attached hydrogen (secondary N) is 2. The van der Waals surface area contributed by atoms with Crippen molar-refractivity contribution in [2.45, 2.75) is 44.8 Å². The summed E-state index contributed by atoms with van der Waals surface area (Å²) in [6.45, 7) is 2.76. The van der Waals surface area contributed by atoms with E-state index in [0.717, 1.165) is 43.6 Å². The van der Waals surface area contributed by atoms with Crippen molar-refractivity contribution < 1.29 is 5.11 Å². The summed E-state index contributed by atoms with van der Waals surface area (Å²) in [5, 5.41) is 13.4. The van der Waals surface area contributed by atoms with Gasteiger partial charge in [-0.25, -0.2) is 4.98 Å². The largest absolute Gasteiger partial charge is 0.391 e. The van der Waals surface area contributed by atoms with Gasteiger partial charge in [0, 0.05) is 13.6 Å². The number of hydrogen-bond acceptors (Lipinski definition) is 6. The first kappa shape index (κ1) is 14.1. The third kappa shape index (κ3) is 2.65. The molecule has 0 aromatic carbocycles. The number of aromatic nitrogens is 4. The van der Waals surface area contributed by atoms with Gasteiger partial charge in [0.05, 0.1) is 18.5 Å². The van der Waals surface area contributed by atoms with E-state index in [9.17, 15) is 5.11 Å². The monoisotopic (exact) mass is 290 g/mol. The Balaban J connectivity index is 1.99. The van der Waals surface area contributed by atoms with E-state index in [0.29, 0.717) is 11.6 Å². The van der Waals surface area contributed by atoms with Crippen LogP contribution in [0.2, 0.25) is 0 Å². The highest BCUT2D eigenvalue weighted by molar-refractivity contribution is 5.84. The summed E-state index contributed by atoms with van der Waals surface area (Å²) in [6, 6.07) is 0.0922. The molecule has 2 atom stereocenters. The van der Waals surface area contributed by atoms with Crippen LogP contribution < -0.4 is 10.2 Å². The van der Waals surface area contributed by atoms with Gasteiger partial charge in [-0.3, -0.25) is 0 Å². The van der Waals surface area contributed by atoms with Crippen LogP contribution in [0.25, 0.3) is 11.2 Å². The van der Waals surface area contributed by atoms with E-state index in [1.807, 2.05) is 14.0 Å². The molecule has 114 valence electrons. The number of rotatable bonds is 4. The smallest absolute Gasteiger partial charge is 0.226 e. The number of imidazole rings is 1. The molecule has 0 bridgehead atoms. The maximum Gasteiger partial charge on any atom is 0.226 e. The normalized spacial score (nSPS) is 22.4. The van der Waals surface area contributed by atoms with Crippen molar-refractivity contribution in [2.24, 2.45) is 0 Å². The Morgan fingerprint density at radius 3 is 2.95 bits per heavy atom. The first-order valence-corrected chi connectivity index (χ1v) is 7.56. The predicted octanol–water partition coefficient (Wildman–Crippen LogP) is 1.52. The van der Waals surface area contributed by atoms with Crippen LogP contribution in [0.1, 0.15) is 32.6 Å². The van der Waals surface area contributed by atoms with Crippen LogP contribution in [0.15, 0.2) is 6.33 Å². The van der Waals surface area contributed by atoms with E-state index >= 15 is 0 Å². The molecule has 21 heavy (non-hydrogen) atoms. The number of likely N-dealkylation sites (N-methyl/N-ethyl adjacent to an activating group) is 1. The van der Waals surface area contributed by atoms with Gasteiger partial charge in [-0.2, -0.15) is 9.97 Å². The summed E-state index contributed by atoms with van der Waals surface area (Å²) in [6.07, 6.45) is 5.39. The van der Waals surface area contributed by atoms with Gasteiger partial charge in [0.25, 0.3) is 0 Å². The van der Waals surface area contributed by atoms with Crippen LogP contribution in [0.4, 0.5) is 11.8 Å². The SMILES string of the molecule is CCNc1nc(N(C)C2CCCCC2O)c2[nH]cnc2n1. The molecule has 0 spiro atoms. The van der Waals surface area contributed by atoms with Gasteiger partial charge in [0.15, 0.2) is 11.5 Å². The molecule has 0 amide bonds. The number of fused-ring (bicyclic) bond motifs is 1. The van der Waals surface area contributed by atoms with Crippen LogP contribution in [-0.4, -0.2) is 50.8 Å². The fraction of sp³-hybridized carbons (Fsp3) is 0.643. The minimum Gasteiger partial charge on any atom is -0.391 e. The highest BCUT2D eigenvalue weighted by Gasteiger charge is 2.29. The summed E-state index contributed by atoms with van der Waals surface area (Å²) in [5.41, 5.74) is 1.46. The van der Waals surface area contributed by atoms with Gasteiger partial charge < -0.3 is 20.3 Å². The fourth-order valence-electron chi connectivity index (χ4n) is 3.01. The number of aliphatic hydroxyl groups is 1. The van der Waals surface area contributed by atoms with Crippen LogP contribution in [0.3, 0.4) is 0 Å². The van der Waals surface area contributed by atoms with E-state index in [4.69, 9.17) is 0 Å². The van der Waals surface area contributed by atoms with E-state index in [1.165, 1.54) is 0 Å². The van der Waals surface area contributed by atoms with Crippen LogP contribution >= 0.6 is 0 Å². The lowest BCUT2D eigenvalue weighted by molar-refractivity contribution is 0.106. The van der Waals surface area contributed by atoms with Crippen molar-refractivity contribution in [2.75, 3.05) is 23.8 Å². The van der Waals surface area contributed by atoms with Crippen molar-refractivity contribution in [3.05, 3.63) is 6.33 Å². The Bertz CT molecular complexity index is 613. The highest BCUT2D eigenvalue weighted by atomic mass is 16.3. The lowest BCUT2D eigenvalue weighted by Gasteiger charge is -2.36. The second kappa shape index (κ2) is 5.85. The van der Waals surface area contributed by atoms with Crippen LogP contribution in [0.5, 0.6) is 0 Å². The molecule has 1 aliphatic rings. The average molecular weight is 290 g/mol. The number of H-pyrrole nitrogens is 1. The van der Waals surface area contributed by atoms with Crippen molar-refractivity contribution >= 4 is 22.9 Å². The zero-order valence-corrected chi connectivity index (χ0v) is 12.5. The summed E-state index contributed by atoms with van der Waals surface area (Å²) in [5.74, 6) is 1.36. The first-order valence-electron chi connectivity index (χ1n) is 7.56. The Labute approximate surface area is 123 Å². The Kier molecular flexibility index (Phi) is 3.92. The molecule has 2 unspecified atom stereocenters. The van der Waals surface area contributed by atoms with E-state index in [2.05, 4.69) is 30.2 Å². The van der Waals surface area contributed by atoms with Crippen LogP contribution in [0, 0.1) is 0 Å². The molecule has 7 heteroatoms. The summed E-state index contributed by atoms with van der Waals surface area (Å²) in [7, 11) is 1.98. The van der Waals surface area contributed by atoms with Gasteiger partial charge in [0.2, 0.25) is 5.95 Å². The minimum atomic E-state index is -0.306. The van der Waals surface area contributed by atoms with Crippen molar-refractivity contribution in [3.63, 3.8) is 0 Å². The molecular formula is C14H22N6O. The summed E-state index contributed by atoms with van der Waals surface area (Å²) >= 11 is 0. The van der Waals surface area contributed by atoms with Crippen molar-refractivity contribution in [3.8, 4) is 0 Å². The molecule has 1 fully saturated rings. The molecule has 0 radical (unpaired) electrons. The van der Waals surface area contributed by atoms with Gasteiger partial charge in [0.1, 0.15) is 5.52 Å². The molecule has 3 rings (SSSR count). The first-order chi connectivity index (χ1) is 10.2. The molecule has 2 heterocycles. The molecule has 0 aliphatic heterocycles. The Hall–Kier alpha value is -1.89. The molecule has 1 aliphatic carbocycles. The van der Waals surface area contributed by atoms with Crippen molar-refractivity contribution in [1.82, 2.24) is 19.9 Å². The zero-order chi connectivity index (χ0) is 14.8. The van der Waals surface area contributed by atoms with E-state index in [-0.39, 0.29) is 12.1 Å². The Morgan fingerprint density at radius 1 is 1.38 bits per heavy atom. The average Bonchev–Trinajstić information content (AvgIpc) is 2.95. The summed E-state index contributed by atoms with van der Waals surface area (Å²) in [4.78, 5) is 18.4. The van der Waals surface area contributed by atoms with E-state index in [1.54, 1.807) is 6.33 Å². The second-order valence-corrected chi connectivity index (χ2v) is 5.53. The molecule has 7 nitrogen and oxygen atoms in total. The number of anilines is 2. The minimum absolute atomic E-state index is 0.0922. The van der Waals surface area contributed by atoms with Gasteiger partial charge in [-0.1, -0.05) is 12.8 Å². The molecular weight excluding hydrogens is 268 g/mol. The lowest BCUT2D eigenvalue weighted by atomic mass is 9.91. The molecule has 3 N–H and O–H groups in total. The third-order valence-corrected chi connectivity index (χ3v) is 4.13.